The van der Waals surface area contributed by atoms with Gasteiger partial charge in [-0.25, -0.2) is 0 Å². The number of hydrogen-bond donors (Lipinski definition) is 0. The number of hydrogen-bond acceptors (Lipinski definition) is 4. The Kier molecular flexibility index (Phi) is 5.66. The summed E-state index contributed by atoms with van der Waals surface area (Å²) in [7, 11) is 3.78. The molecule has 130 valence electrons. The summed E-state index contributed by atoms with van der Waals surface area (Å²) in [6.45, 7) is 8.41. The van der Waals surface area contributed by atoms with Gasteiger partial charge in [-0.3, -0.25) is 14.5 Å². The van der Waals surface area contributed by atoms with Crippen LogP contribution in [-0.4, -0.2) is 65.5 Å². The third-order valence-electron chi connectivity index (χ3n) is 4.78. The number of aromatic nitrogens is 2. The highest BCUT2D eigenvalue weighted by Gasteiger charge is 2.22. The minimum Gasteiger partial charge on any atom is -0.383 e. The van der Waals surface area contributed by atoms with Crippen LogP contribution in [-0.2, 0) is 18.3 Å². The Morgan fingerprint density at radius 3 is 2.50 bits per heavy atom. The highest BCUT2D eigenvalue weighted by Crippen LogP contribution is 2.23. The molecule has 0 radical (unpaired) electrons. The molecule has 1 aliphatic rings. The predicted octanol–water partition coefficient (Wildman–Crippen LogP) is 2.24. The van der Waals surface area contributed by atoms with Crippen molar-refractivity contribution in [2.45, 2.75) is 19.5 Å². The first-order chi connectivity index (χ1) is 11.7. The van der Waals surface area contributed by atoms with Gasteiger partial charge in [-0.15, -0.1) is 0 Å². The van der Waals surface area contributed by atoms with Gasteiger partial charge in [0, 0.05) is 70.2 Å². The van der Waals surface area contributed by atoms with Gasteiger partial charge in [-0.2, -0.15) is 5.10 Å². The third kappa shape index (κ3) is 4.04. The van der Waals surface area contributed by atoms with Crippen LogP contribution in [0.4, 0.5) is 0 Å². The fourth-order valence-corrected chi connectivity index (χ4v) is 3.44. The first-order valence-corrected chi connectivity index (χ1v) is 8.70. The Morgan fingerprint density at radius 2 is 1.83 bits per heavy atom. The second-order valence-electron chi connectivity index (χ2n) is 6.66. The topological polar surface area (TPSA) is 33.5 Å². The zero-order valence-electron chi connectivity index (χ0n) is 15.0. The van der Waals surface area contributed by atoms with Crippen LogP contribution in [0, 0.1) is 0 Å². The Bertz CT molecular complexity index is 632. The SMILES string of the molecule is COC[C@@H](C)N1CCN(Cc2cn(C)nc2-c2ccccc2)CC1. The van der Waals surface area contributed by atoms with Crippen LogP contribution in [0.15, 0.2) is 36.5 Å². The predicted molar refractivity (Wildman–Crippen MR) is 96.8 cm³/mol. The quantitative estimate of drug-likeness (QED) is 0.814. The largest absolute Gasteiger partial charge is 0.383 e. The lowest BCUT2D eigenvalue weighted by atomic mass is 10.1. The standard InChI is InChI=1S/C19H28N4O/c1-16(15-24-3)23-11-9-22(10-12-23)14-18-13-21(2)20-19(18)17-7-5-4-6-8-17/h4-8,13,16H,9-12,14-15H2,1-3H3/t16-/m1/s1. The summed E-state index contributed by atoms with van der Waals surface area (Å²) in [5.41, 5.74) is 3.61. The normalized spacial score (nSPS) is 18.0. The van der Waals surface area contributed by atoms with Crippen LogP contribution in [0.3, 0.4) is 0 Å². The Morgan fingerprint density at radius 1 is 1.12 bits per heavy atom. The van der Waals surface area contributed by atoms with Gasteiger partial charge in [0.2, 0.25) is 0 Å². The molecular weight excluding hydrogens is 300 g/mol. The monoisotopic (exact) mass is 328 g/mol. The average Bonchev–Trinajstić information content (AvgIpc) is 2.97. The van der Waals surface area contributed by atoms with E-state index in [0.717, 1.165) is 45.0 Å². The Balaban J connectivity index is 1.64. The summed E-state index contributed by atoms with van der Waals surface area (Å²) < 4.78 is 7.21. The molecule has 0 amide bonds. The number of rotatable bonds is 6. The lowest BCUT2D eigenvalue weighted by Crippen LogP contribution is -2.50. The molecule has 0 bridgehead atoms. The molecule has 1 atom stereocenters. The Labute approximate surface area is 144 Å². The maximum absolute atomic E-state index is 5.28. The molecule has 1 aromatic carbocycles. The molecule has 0 aliphatic carbocycles. The van der Waals surface area contributed by atoms with Crippen LogP contribution in [0.1, 0.15) is 12.5 Å². The fraction of sp³-hybridized carbons (Fsp3) is 0.526. The summed E-state index contributed by atoms with van der Waals surface area (Å²) in [6, 6.07) is 11.0. The molecule has 0 saturated carbocycles. The number of aryl methyl sites for hydroxylation is 1. The number of benzene rings is 1. The van der Waals surface area contributed by atoms with Gasteiger partial charge >= 0.3 is 0 Å². The van der Waals surface area contributed by atoms with E-state index >= 15 is 0 Å². The van der Waals surface area contributed by atoms with E-state index in [2.05, 4.69) is 52.3 Å². The van der Waals surface area contributed by atoms with E-state index in [1.807, 2.05) is 17.8 Å². The minimum atomic E-state index is 0.496. The van der Waals surface area contributed by atoms with Crippen LogP contribution in [0.25, 0.3) is 11.3 Å². The van der Waals surface area contributed by atoms with Crippen molar-refractivity contribution < 1.29 is 4.74 Å². The molecule has 24 heavy (non-hydrogen) atoms. The van der Waals surface area contributed by atoms with Crippen molar-refractivity contribution in [3.8, 4) is 11.3 Å². The molecule has 1 aliphatic heterocycles. The first kappa shape index (κ1) is 17.1. The van der Waals surface area contributed by atoms with E-state index in [9.17, 15) is 0 Å². The van der Waals surface area contributed by atoms with E-state index in [1.165, 1.54) is 11.1 Å². The molecule has 5 nitrogen and oxygen atoms in total. The van der Waals surface area contributed by atoms with Gasteiger partial charge in [0.25, 0.3) is 0 Å². The number of ether oxygens (including phenoxy) is 1. The zero-order chi connectivity index (χ0) is 16.9. The maximum atomic E-state index is 5.28. The van der Waals surface area contributed by atoms with Crippen LogP contribution in [0.2, 0.25) is 0 Å². The maximum Gasteiger partial charge on any atom is 0.0968 e. The van der Waals surface area contributed by atoms with Crippen molar-refractivity contribution in [1.29, 1.82) is 0 Å². The highest BCUT2D eigenvalue weighted by atomic mass is 16.5. The summed E-state index contributed by atoms with van der Waals surface area (Å²) in [6.07, 6.45) is 2.16. The molecule has 1 fully saturated rings. The summed E-state index contributed by atoms with van der Waals surface area (Å²) >= 11 is 0. The lowest BCUT2D eigenvalue weighted by Gasteiger charge is -2.37. The van der Waals surface area contributed by atoms with E-state index in [1.54, 1.807) is 7.11 Å². The second kappa shape index (κ2) is 7.92. The van der Waals surface area contributed by atoms with Gasteiger partial charge in [-0.1, -0.05) is 30.3 Å². The molecule has 2 aromatic rings. The van der Waals surface area contributed by atoms with E-state index < -0.39 is 0 Å². The fourth-order valence-electron chi connectivity index (χ4n) is 3.44. The molecule has 1 saturated heterocycles. The third-order valence-corrected chi connectivity index (χ3v) is 4.78. The van der Waals surface area contributed by atoms with Crippen LogP contribution in [0.5, 0.6) is 0 Å². The van der Waals surface area contributed by atoms with E-state index in [0.29, 0.717) is 6.04 Å². The van der Waals surface area contributed by atoms with Crippen molar-refractivity contribution in [3.63, 3.8) is 0 Å². The van der Waals surface area contributed by atoms with Gasteiger partial charge in [0.1, 0.15) is 0 Å². The van der Waals surface area contributed by atoms with E-state index in [4.69, 9.17) is 4.74 Å². The van der Waals surface area contributed by atoms with Gasteiger partial charge in [0.05, 0.1) is 12.3 Å². The van der Waals surface area contributed by atoms with E-state index in [-0.39, 0.29) is 0 Å². The highest BCUT2D eigenvalue weighted by molar-refractivity contribution is 5.62. The van der Waals surface area contributed by atoms with Crippen molar-refractivity contribution in [1.82, 2.24) is 19.6 Å². The zero-order valence-corrected chi connectivity index (χ0v) is 15.0. The molecule has 0 spiro atoms. The summed E-state index contributed by atoms with van der Waals surface area (Å²) in [5.74, 6) is 0. The van der Waals surface area contributed by atoms with Gasteiger partial charge in [-0.05, 0) is 6.92 Å². The smallest absolute Gasteiger partial charge is 0.0968 e. The van der Waals surface area contributed by atoms with Crippen LogP contribution >= 0.6 is 0 Å². The van der Waals surface area contributed by atoms with Crippen molar-refractivity contribution >= 4 is 0 Å². The first-order valence-electron chi connectivity index (χ1n) is 8.70. The van der Waals surface area contributed by atoms with Crippen LogP contribution < -0.4 is 0 Å². The van der Waals surface area contributed by atoms with Gasteiger partial charge in [0.15, 0.2) is 0 Å². The number of methoxy groups -OCH3 is 1. The molecule has 1 aromatic heterocycles. The van der Waals surface area contributed by atoms with Crippen molar-refractivity contribution in [3.05, 3.63) is 42.1 Å². The number of nitrogens with zero attached hydrogens (tertiary/aromatic N) is 4. The minimum absolute atomic E-state index is 0.496. The summed E-state index contributed by atoms with van der Waals surface area (Å²) in [4.78, 5) is 5.04. The van der Waals surface area contributed by atoms with Crippen molar-refractivity contribution in [2.24, 2.45) is 7.05 Å². The number of piperazine rings is 1. The molecule has 0 unspecified atom stereocenters. The molecular formula is C19H28N4O. The molecule has 3 rings (SSSR count). The summed E-state index contributed by atoms with van der Waals surface area (Å²) in [5, 5.41) is 4.68. The molecule has 5 heteroatoms. The molecule has 2 heterocycles. The van der Waals surface area contributed by atoms with Crippen molar-refractivity contribution in [2.75, 3.05) is 39.9 Å². The average molecular weight is 328 g/mol. The Hall–Kier alpha value is -1.69. The second-order valence-corrected chi connectivity index (χ2v) is 6.66. The lowest BCUT2D eigenvalue weighted by molar-refractivity contribution is 0.0550. The molecule has 0 N–H and O–H groups in total. The van der Waals surface area contributed by atoms with Gasteiger partial charge < -0.3 is 4.74 Å².